The van der Waals surface area contributed by atoms with E-state index in [0.29, 0.717) is 17.2 Å². The Kier molecular flexibility index (Phi) is 4.34. The Morgan fingerprint density at radius 2 is 2.26 bits per heavy atom. The molecule has 1 amide bonds. The molecular weight excluding hydrogens is 260 g/mol. The van der Waals surface area contributed by atoms with Crippen LogP contribution in [0.3, 0.4) is 0 Å². The van der Waals surface area contributed by atoms with Crippen molar-refractivity contribution in [3.05, 3.63) is 23.8 Å². The highest BCUT2D eigenvalue weighted by Crippen LogP contribution is 2.24. The Hall–Kier alpha value is -1.66. The van der Waals surface area contributed by atoms with Crippen LogP contribution in [0.1, 0.15) is 16.8 Å². The first-order chi connectivity index (χ1) is 9.06. The second-order valence-electron chi connectivity index (χ2n) is 4.65. The van der Waals surface area contributed by atoms with Gasteiger partial charge in [-0.2, -0.15) is 0 Å². The maximum atomic E-state index is 12.0. The molecule has 0 fully saturated rings. The number of carbonyl (C=O) groups is 1. The number of nitrogens with two attached hydrogens (primary N) is 1. The number of amides is 1. The van der Waals surface area contributed by atoms with E-state index in [4.69, 9.17) is 5.73 Å². The van der Waals surface area contributed by atoms with Crippen molar-refractivity contribution in [2.45, 2.75) is 6.42 Å². The first-order valence-corrected chi connectivity index (χ1v) is 6.97. The molecule has 2 aromatic rings. The standard InChI is InChI=1S/C13H18N4OS/c1-17(2)7-3-6-15-12(18)9-4-5-10-11(8-9)19-13(14)16-10/h4-5,8H,3,6-7H2,1-2H3,(H2,14,16)(H,15,18). The molecule has 0 unspecified atom stereocenters. The van der Waals surface area contributed by atoms with Crippen LogP contribution in [-0.2, 0) is 0 Å². The largest absolute Gasteiger partial charge is 0.375 e. The van der Waals surface area contributed by atoms with Gasteiger partial charge in [-0.1, -0.05) is 11.3 Å². The first kappa shape index (κ1) is 13.8. The van der Waals surface area contributed by atoms with E-state index in [1.165, 1.54) is 11.3 Å². The summed E-state index contributed by atoms with van der Waals surface area (Å²) < 4.78 is 0.943. The predicted molar refractivity (Wildman–Crippen MR) is 79.5 cm³/mol. The first-order valence-electron chi connectivity index (χ1n) is 6.15. The number of carbonyl (C=O) groups excluding carboxylic acids is 1. The van der Waals surface area contributed by atoms with Gasteiger partial charge in [-0.25, -0.2) is 4.98 Å². The van der Waals surface area contributed by atoms with Crippen LogP contribution in [0.2, 0.25) is 0 Å². The number of anilines is 1. The van der Waals surface area contributed by atoms with Gasteiger partial charge in [-0.05, 0) is 45.3 Å². The van der Waals surface area contributed by atoms with Gasteiger partial charge in [-0.15, -0.1) is 0 Å². The summed E-state index contributed by atoms with van der Waals surface area (Å²) in [6.07, 6.45) is 0.939. The molecule has 102 valence electrons. The molecule has 3 N–H and O–H groups in total. The molecule has 1 aromatic carbocycles. The monoisotopic (exact) mass is 278 g/mol. The van der Waals surface area contributed by atoms with Gasteiger partial charge in [0.25, 0.3) is 5.91 Å². The SMILES string of the molecule is CN(C)CCCNC(=O)c1ccc2nc(N)sc2c1. The molecule has 0 atom stereocenters. The second-order valence-corrected chi connectivity index (χ2v) is 5.71. The minimum Gasteiger partial charge on any atom is -0.375 e. The highest BCUT2D eigenvalue weighted by molar-refractivity contribution is 7.22. The van der Waals surface area contributed by atoms with Gasteiger partial charge in [0.15, 0.2) is 5.13 Å². The number of hydrogen-bond acceptors (Lipinski definition) is 5. The average Bonchev–Trinajstić information content (AvgIpc) is 2.73. The lowest BCUT2D eigenvalue weighted by molar-refractivity contribution is 0.0952. The lowest BCUT2D eigenvalue weighted by atomic mass is 10.2. The van der Waals surface area contributed by atoms with Gasteiger partial charge in [0, 0.05) is 12.1 Å². The van der Waals surface area contributed by atoms with Crippen LogP contribution in [0.4, 0.5) is 5.13 Å². The summed E-state index contributed by atoms with van der Waals surface area (Å²) in [7, 11) is 4.04. The summed E-state index contributed by atoms with van der Waals surface area (Å²) >= 11 is 1.40. The van der Waals surface area contributed by atoms with Crippen molar-refractivity contribution < 1.29 is 4.79 Å². The number of hydrogen-bond donors (Lipinski definition) is 2. The van der Waals surface area contributed by atoms with Gasteiger partial charge in [0.2, 0.25) is 0 Å². The Morgan fingerprint density at radius 3 is 3.00 bits per heavy atom. The van der Waals surface area contributed by atoms with Gasteiger partial charge < -0.3 is 16.0 Å². The van der Waals surface area contributed by atoms with Crippen molar-refractivity contribution in [3.8, 4) is 0 Å². The lowest BCUT2D eigenvalue weighted by Gasteiger charge is -2.09. The van der Waals surface area contributed by atoms with Crippen LogP contribution in [0.5, 0.6) is 0 Å². The molecule has 2 rings (SSSR count). The van der Waals surface area contributed by atoms with Crippen molar-refractivity contribution >= 4 is 32.6 Å². The van der Waals surface area contributed by atoms with Gasteiger partial charge in [0.1, 0.15) is 0 Å². The maximum absolute atomic E-state index is 12.0. The third-order valence-corrected chi connectivity index (χ3v) is 3.58. The van der Waals surface area contributed by atoms with Crippen LogP contribution in [0.15, 0.2) is 18.2 Å². The van der Waals surface area contributed by atoms with Crippen molar-refractivity contribution in [1.29, 1.82) is 0 Å². The van der Waals surface area contributed by atoms with Gasteiger partial charge >= 0.3 is 0 Å². The van der Waals surface area contributed by atoms with Crippen molar-refractivity contribution in [2.24, 2.45) is 0 Å². The summed E-state index contributed by atoms with van der Waals surface area (Å²) in [6.45, 7) is 1.64. The zero-order valence-electron chi connectivity index (χ0n) is 11.1. The zero-order chi connectivity index (χ0) is 13.8. The Balaban J connectivity index is 1.97. The molecule has 0 spiro atoms. The van der Waals surface area contributed by atoms with Crippen LogP contribution < -0.4 is 11.1 Å². The number of fused-ring (bicyclic) bond motifs is 1. The number of nitrogens with zero attached hydrogens (tertiary/aromatic N) is 2. The smallest absolute Gasteiger partial charge is 0.251 e. The summed E-state index contributed by atoms with van der Waals surface area (Å²) in [5, 5.41) is 3.44. The van der Waals surface area contributed by atoms with Crippen molar-refractivity contribution in [3.63, 3.8) is 0 Å². The quantitative estimate of drug-likeness (QED) is 0.814. The predicted octanol–water partition coefficient (Wildman–Crippen LogP) is 1.56. The van der Waals surface area contributed by atoms with Crippen LogP contribution >= 0.6 is 11.3 Å². The lowest BCUT2D eigenvalue weighted by Crippen LogP contribution is -2.27. The Morgan fingerprint density at radius 1 is 1.47 bits per heavy atom. The van der Waals surface area contributed by atoms with E-state index in [9.17, 15) is 4.79 Å². The fraction of sp³-hybridized carbons (Fsp3) is 0.385. The number of thiazole rings is 1. The van der Waals surface area contributed by atoms with E-state index in [1.54, 1.807) is 6.07 Å². The molecule has 6 heteroatoms. The summed E-state index contributed by atoms with van der Waals surface area (Å²) in [5.41, 5.74) is 7.14. The fourth-order valence-corrected chi connectivity index (χ4v) is 2.56. The van der Waals surface area contributed by atoms with Crippen molar-refractivity contribution in [1.82, 2.24) is 15.2 Å². The maximum Gasteiger partial charge on any atom is 0.251 e. The molecule has 0 radical (unpaired) electrons. The number of nitrogens with one attached hydrogen (secondary N) is 1. The number of benzene rings is 1. The molecule has 0 saturated heterocycles. The van der Waals surface area contributed by atoms with Crippen LogP contribution in [-0.4, -0.2) is 43.0 Å². The Bertz CT molecular complexity index is 579. The topological polar surface area (TPSA) is 71.2 Å². The van der Waals surface area contributed by atoms with E-state index >= 15 is 0 Å². The number of rotatable bonds is 5. The van der Waals surface area contributed by atoms with E-state index in [-0.39, 0.29) is 5.91 Å². The molecule has 0 aliphatic rings. The highest BCUT2D eigenvalue weighted by Gasteiger charge is 2.08. The third kappa shape index (κ3) is 3.65. The molecule has 0 aliphatic heterocycles. The molecular formula is C13H18N4OS. The Labute approximate surface area is 116 Å². The normalized spacial score (nSPS) is 11.1. The van der Waals surface area contributed by atoms with Crippen molar-refractivity contribution in [2.75, 3.05) is 32.9 Å². The molecule has 0 aliphatic carbocycles. The molecule has 19 heavy (non-hydrogen) atoms. The average molecular weight is 278 g/mol. The third-order valence-electron chi connectivity index (χ3n) is 2.73. The minimum absolute atomic E-state index is 0.0485. The molecule has 0 saturated carbocycles. The van der Waals surface area contributed by atoms with Gasteiger partial charge in [0.05, 0.1) is 10.2 Å². The number of aromatic nitrogens is 1. The zero-order valence-corrected chi connectivity index (χ0v) is 12.0. The summed E-state index contributed by atoms with van der Waals surface area (Å²) in [4.78, 5) is 18.2. The van der Waals surface area contributed by atoms with E-state index < -0.39 is 0 Å². The summed E-state index contributed by atoms with van der Waals surface area (Å²) in [5.74, 6) is -0.0485. The molecule has 1 aromatic heterocycles. The fourth-order valence-electron chi connectivity index (χ4n) is 1.78. The second kappa shape index (κ2) is 5.99. The van der Waals surface area contributed by atoms with E-state index in [2.05, 4.69) is 15.2 Å². The number of nitrogen functional groups attached to an aromatic ring is 1. The van der Waals surface area contributed by atoms with E-state index in [1.807, 2.05) is 26.2 Å². The molecule has 0 bridgehead atoms. The highest BCUT2D eigenvalue weighted by atomic mass is 32.1. The van der Waals surface area contributed by atoms with Crippen LogP contribution in [0.25, 0.3) is 10.2 Å². The molecule has 5 nitrogen and oxygen atoms in total. The summed E-state index contributed by atoms with van der Waals surface area (Å²) in [6, 6.07) is 5.45. The minimum atomic E-state index is -0.0485. The van der Waals surface area contributed by atoms with Gasteiger partial charge in [-0.3, -0.25) is 4.79 Å². The van der Waals surface area contributed by atoms with Crippen LogP contribution in [0, 0.1) is 0 Å². The molecule has 1 heterocycles. The van der Waals surface area contributed by atoms with E-state index in [0.717, 1.165) is 23.2 Å².